The Morgan fingerprint density at radius 1 is 1.24 bits per heavy atom. The van der Waals surface area contributed by atoms with Crippen molar-refractivity contribution >= 4 is 21.4 Å². The van der Waals surface area contributed by atoms with E-state index in [0.717, 1.165) is 6.07 Å². The summed E-state index contributed by atoms with van der Waals surface area (Å²) in [5.74, 6) is 0.423. The van der Waals surface area contributed by atoms with Crippen molar-refractivity contribution in [3.63, 3.8) is 0 Å². The van der Waals surface area contributed by atoms with Crippen LogP contribution in [0.4, 0.5) is 11.4 Å². The predicted molar refractivity (Wildman–Crippen MR) is 90.9 cm³/mol. The minimum Gasteiger partial charge on any atom is -0.479 e. The van der Waals surface area contributed by atoms with E-state index in [1.54, 1.807) is 13.8 Å². The second kappa shape index (κ2) is 7.19. The summed E-state index contributed by atoms with van der Waals surface area (Å²) in [7, 11) is -4.00. The fraction of sp³-hybridized carbons (Fsp3) is 0.188. The molecule has 8 nitrogen and oxygen atoms in total. The van der Waals surface area contributed by atoms with Crippen LogP contribution in [0.25, 0.3) is 0 Å². The lowest BCUT2D eigenvalue weighted by atomic mass is 10.1. The third kappa shape index (κ3) is 4.24. The third-order valence-corrected chi connectivity index (χ3v) is 5.02. The maximum atomic E-state index is 12.6. The number of hydrogen-bond acceptors (Lipinski definition) is 6. The van der Waals surface area contributed by atoms with Gasteiger partial charge in [-0.05, 0) is 49.2 Å². The van der Waals surface area contributed by atoms with Gasteiger partial charge in [-0.2, -0.15) is 5.26 Å². The molecule has 2 aromatic rings. The van der Waals surface area contributed by atoms with E-state index >= 15 is 0 Å². The number of ether oxygens (including phenoxy) is 1. The van der Waals surface area contributed by atoms with Crippen molar-refractivity contribution in [1.82, 2.24) is 0 Å². The Balaban J connectivity index is 2.33. The Kier molecular flexibility index (Phi) is 5.24. The lowest BCUT2D eigenvalue weighted by molar-refractivity contribution is -0.385. The van der Waals surface area contributed by atoms with E-state index in [-0.39, 0.29) is 22.9 Å². The lowest BCUT2D eigenvalue weighted by Crippen LogP contribution is -2.15. The Bertz CT molecular complexity index is 947. The van der Waals surface area contributed by atoms with Crippen LogP contribution in [0.1, 0.15) is 11.1 Å². The van der Waals surface area contributed by atoms with Crippen LogP contribution in [-0.2, 0) is 10.0 Å². The SMILES string of the molecule is Cc1cc([N+](=O)[O-])cc(S(=O)(=O)Nc2ccc(OCC#N)cc2)c1C. The standard InChI is InChI=1S/C16H15N3O5S/c1-11-9-14(19(20)21)10-16(12(11)2)25(22,23)18-13-3-5-15(6-4-13)24-8-7-17/h3-6,9-10,18H,8H2,1-2H3. The average molecular weight is 361 g/mol. The third-order valence-electron chi connectivity index (χ3n) is 3.51. The van der Waals surface area contributed by atoms with Crippen LogP contribution in [0.15, 0.2) is 41.3 Å². The fourth-order valence-corrected chi connectivity index (χ4v) is 3.53. The molecule has 0 radical (unpaired) electrons. The first-order chi connectivity index (χ1) is 11.7. The van der Waals surface area contributed by atoms with Gasteiger partial charge in [0.05, 0.1) is 9.82 Å². The predicted octanol–water partition coefficient (Wildman–Crippen LogP) is 2.91. The molecule has 25 heavy (non-hydrogen) atoms. The monoisotopic (exact) mass is 361 g/mol. The molecule has 130 valence electrons. The molecular weight excluding hydrogens is 346 g/mol. The summed E-state index contributed by atoms with van der Waals surface area (Å²) in [6.07, 6.45) is 0. The highest BCUT2D eigenvalue weighted by atomic mass is 32.2. The maximum Gasteiger partial charge on any atom is 0.271 e. The molecule has 0 fully saturated rings. The molecule has 0 saturated heterocycles. The minimum atomic E-state index is -4.00. The largest absolute Gasteiger partial charge is 0.479 e. The molecule has 2 rings (SSSR count). The zero-order valence-corrected chi connectivity index (χ0v) is 14.3. The number of hydrogen-bond donors (Lipinski definition) is 1. The van der Waals surface area contributed by atoms with E-state index in [1.165, 1.54) is 30.3 Å². The summed E-state index contributed by atoms with van der Waals surface area (Å²) in [6.45, 7) is 3.09. The molecule has 0 aliphatic heterocycles. The van der Waals surface area contributed by atoms with E-state index in [2.05, 4.69) is 4.72 Å². The first-order valence-corrected chi connectivity index (χ1v) is 8.61. The summed E-state index contributed by atoms with van der Waals surface area (Å²) < 4.78 is 32.7. The number of rotatable bonds is 6. The Morgan fingerprint density at radius 3 is 2.44 bits per heavy atom. The van der Waals surface area contributed by atoms with E-state index in [1.807, 2.05) is 6.07 Å². The normalized spacial score (nSPS) is 10.8. The van der Waals surface area contributed by atoms with Crippen molar-refractivity contribution in [2.75, 3.05) is 11.3 Å². The maximum absolute atomic E-state index is 12.6. The molecule has 0 heterocycles. The van der Waals surface area contributed by atoms with Crippen LogP contribution in [0.5, 0.6) is 5.75 Å². The first kappa shape index (κ1) is 18.2. The van der Waals surface area contributed by atoms with Gasteiger partial charge in [0.25, 0.3) is 15.7 Å². The summed E-state index contributed by atoms with van der Waals surface area (Å²) >= 11 is 0. The summed E-state index contributed by atoms with van der Waals surface area (Å²) in [5, 5.41) is 19.4. The average Bonchev–Trinajstić information content (AvgIpc) is 2.55. The van der Waals surface area contributed by atoms with Crippen LogP contribution in [0.2, 0.25) is 0 Å². The van der Waals surface area contributed by atoms with Crippen molar-refractivity contribution < 1.29 is 18.1 Å². The van der Waals surface area contributed by atoms with E-state index in [4.69, 9.17) is 10.00 Å². The molecule has 0 bridgehead atoms. The molecule has 2 aromatic carbocycles. The van der Waals surface area contributed by atoms with Gasteiger partial charge in [0.1, 0.15) is 11.8 Å². The molecule has 9 heteroatoms. The van der Waals surface area contributed by atoms with Gasteiger partial charge in [-0.25, -0.2) is 8.42 Å². The van der Waals surface area contributed by atoms with Crippen molar-refractivity contribution in [2.24, 2.45) is 0 Å². The second-order valence-corrected chi connectivity index (χ2v) is 6.87. The first-order valence-electron chi connectivity index (χ1n) is 7.13. The molecule has 0 atom stereocenters. The molecule has 0 saturated carbocycles. The van der Waals surface area contributed by atoms with Crippen molar-refractivity contribution in [1.29, 1.82) is 5.26 Å². The molecular formula is C16H15N3O5S. The topological polar surface area (TPSA) is 122 Å². The number of nitro benzene ring substituents is 1. The van der Waals surface area contributed by atoms with Gasteiger partial charge in [-0.15, -0.1) is 0 Å². The van der Waals surface area contributed by atoms with Gasteiger partial charge < -0.3 is 4.74 Å². The molecule has 0 amide bonds. The Hall–Kier alpha value is -3.12. The minimum absolute atomic E-state index is 0.114. The molecule has 1 N–H and O–H groups in total. The molecule has 0 spiro atoms. The quantitative estimate of drug-likeness (QED) is 0.623. The Labute approximate surface area is 144 Å². The van der Waals surface area contributed by atoms with E-state index in [9.17, 15) is 18.5 Å². The van der Waals surface area contributed by atoms with Crippen molar-refractivity contribution in [3.8, 4) is 11.8 Å². The summed E-state index contributed by atoms with van der Waals surface area (Å²) in [4.78, 5) is 10.2. The number of nitrogens with zero attached hydrogens (tertiary/aromatic N) is 2. The number of non-ortho nitro benzene ring substituents is 1. The molecule has 0 aromatic heterocycles. The van der Waals surface area contributed by atoms with Crippen molar-refractivity contribution in [3.05, 3.63) is 57.6 Å². The van der Waals surface area contributed by atoms with Crippen LogP contribution in [0.3, 0.4) is 0 Å². The zero-order chi connectivity index (χ0) is 18.6. The summed E-state index contributed by atoms with van der Waals surface area (Å²) in [6, 6.07) is 10.2. The lowest BCUT2D eigenvalue weighted by Gasteiger charge is -2.12. The van der Waals surface area contributed by atoms with Gasteiger partial charge in [-0.3, -0.25) is 14.8 Å². The summed E-state index contributed by atoms with van der Waals surface area (Å²) in [5.41, 5.74) is 0.929. The zero-order valence-electron chi connectivity index (χ0n) is 13.5. The van der Waals surface area contributed by atoms with E-state index in [0.29, 0.717) is 16.9 Å². The highest BCUT2D eigenvalue weighted by Crippen LogP contribution is 2.27. The second-order valence-electron chi connectivity index (χ2n) is 5.22. The molecule has 0 aliphatic rings. The van der Waals surface area contributed by atoms with Gasteiger partial charge in [-0.1, -0.05) is 0 Å². The van der Waals surface area contributed by atoms with Crippen LogP contribution in [0, 0.1) is 35.3 Å². The number of aryl methyl sites for hydroxylation is 1. The molecule has 0 unspecified atom stereocenters. The Morgan fingerprint density at radius 2 is 1.88 bits per heavy atom. The fourth-order valence-electron chi connectivity index (χ4n) is 2.14. The number of benzene rings is 2. The van der Waals surface area contributed by atoms with Gasteiger partial charge in [0.15, 0.2) is 6.61 Å². The van der Waals surface area contributed by atoms with Crippen LogP contribution >= 0.6 is 0 Å². The van der Waals surface area contributed by atoms with E-state index < -0.39 is 14.9 Å². The number of sulfonamides is 1. The number of nitro groups is 1. The van der Waals surface area contributed by atoms with Gasteiger partial charge in [0.2, 0.25) is 0 Å². The van der Waals surface area contributed by atoms with Gasteiger partial charge in [0, 0.05) is 17.8 Å². The van der Waals surface area contributed by atoms with Gasteiger partial charge >= 0.3 is 0 Å². The highest BCUT2D eigenvalue weighted by Gasteiger charge is 2.22. The number of nitrogens with one attached hydrogen (secondary N) is 1. The number of anilines is 1. The smallest absolute Gasteiger partial charge is 0.271 e. The molecule has 0 aliphatic carbocycles. The van der Waals surface area contributed by atoms with Crippen molar-refractivity contribution in [2.45, 2.75) is 18.7 Å². The van der Waals surface area contributed by atoms with Crippen LogP contribution in [-0.4, -0.2) is 19.9 Å². The highest BCUT2D eigenvalue weighted by molar-refractivity contribution is 7.92. The number of nitriles is 1. The van der Waals surface area contributed by atoms with Crippen LogP contribution < -0.4 is 9.46 Å².